The van der Waals surface area contributed by atoms with Gasteiger partial charge in [0.25, 0.3) is 5.95 Å². The predicted molar refractivity (Wildman–Crippen MR) is 89.1 cm³/mol. The SMILES string of the molecule is CC(C)(C)c1nc(N2C(=O)NCC2(C)OC(=O)c2ccccc2)no1. The first-order chi connectivity index (χ1) is 11.7. The fourth-order valence-electron chi connectivity index (χ4n) is 2.44. The van der Waals surface area contributed by atoms with Gasteiger partial charge in [0.05, 0.1) is 12.1 Å². The Labute approximate surface area is 145 Å². The van der Waals surface area contributed by atoms with Gasteiger partial charge in [-0.25, -0.2) is 14.5 Å². The topological polar surface area (TPSA) is 97.6 Å². The lowest BCUT2D eigenvalue weighted by atomic mass is 9.97. The number of rotatable bonds is 3. The van der Waals surface area contributed by atoms with E-state index in [1.807, 2.05) is 20.8 Å². The summed E-state index contributed by atoms with van der Waals surface area (Å²) in [7, 11) is 0. The quantitative estimate of drug-likeness (QED) is 0.859. The molecule has 2 heterocycles. The molecule has 0 bridgehead atoms. The molecule has 2 aromatic rings. The van der Waals surface area contributed by atoms with Crippen molar-refractivity contribution in [2.45, 2.75) is 38.8 Å². The molecule has 8 heteroatoms. The third-order valence-corrected chi connectivity index (χ3v) is 3.82. The van der Waals surface area contributed by atoms with Crippen molar-refractivity contribution >= 4 is 17.9 Å². The van der Waals surface area contributed by atoms with Crippen LogP contribution in [0.25, 0.3) is 0 Å². The van der Waals surface area contributed by atoms with E-state index in [0.29, 0.717) is 11.5 Å². The molecular formula is C17H20N4O4. The van der Waals surface area contributed by atoms with Crippen molar-refractivity contribution in [1.29, 1.82) is 0 Å². The molecule has 2 amide bonds. The molecule has 132 valence electrons. The van der Waals surface area contributed by atoms with Crippen molar-refractivity contribution in [3.05, 3.63) is 41.8 Å². The van der Waals surface area contributed by atoms with E-state index in [4.69, 9.17) is 9.26 Å². The minimum Gasteiger partial charge on any atom is -0.433 e. The number of ether oxygens (including phenoxy) is 1. The second kappa shape index (κ2) is 5.87. The number of esters is 1. The van der Waals surface area contributed by atoms with E-state index in [-0.39, 0.29) is 17.9 Å². The number of hydrogen-bond acceptors (Lipinski definition) is 6. The smallest absolute Gasteiger partial charge is 0.340 e. The molecule has 25 heavy (non-hydrogen) atoms. The number of carbonyl (C=O) groups excluding carboxylic acids is 2. The molecule has 3 rings (SSSR count). The van der Waals surface area contributed by atoms with Crippen LogP contribution in [-0.2, 0) is 10.2 Å². The first-order valence-corrected chi connectivity index (χ1v) is 7.91. The second-order valence-corrected chi connectivity index (χ2v) is 7.07. The zero-order valence-corrected chi connectivity index (χ0v) is 14.6. The average molecular weight is 344 g/mol. The van der Waals surface area contributed by atoms with E-state index in [2.05, 4.69) is 15.5 Å². The maximum absolute atomic E-state index is 12.4. The number of carbonyl (C=O) groups is 2. The molecule has 8 nitrogen and oxygen atoms in total. The number of anilines is 1. The molecule has 1 aliphatic heterocycles. The molecular weight excluding hydrogens is 324 g/mol. The van der Waals surface area contributed by atoms with Crippen molar-refractivity contribution in [3.63, 3.8) is 0 Å². The number of nitrogens with one attached hydrogen (secondary N) is 1. The first-order valence-electron chi connectivity index (χ1n) is 7.91. The Morgan fingerprint density at radius 2 is 2.00 bits per heavy atom. The zero-order valence-electron chi connectivity index (χ0n) is 14.6. The normalized spacial score (nSPS) is 20.5. The molecule has 1 aromatic heterocycles. The largest absolute Gasteiger partial charge is 0.433 e. The molecule has 1 fully saturated rings. The molecule has 0 saturated carbocycles. The van der Waals surface area contributed by atoms with Crippen molar-refractivity contribution < 1.29 is 18.8 Å². The lowest BCUT2D eigenvalue weighted by molar-refractivity contribution is 0.00116. The molecule has 1 N–H and O–H groups in total. The van der Waals surface area contributed by atoms with E-state index in [1.54, 1.807) is 37.3 Å². The van der Waals surface area contributed by atoms with Gasteiger partial charge in [-0.05, 0) is 24.2 Å². The number of aromatic nitrogens is 2. The fraction of sp³-hybridized carbons (Fsp3) is 0.412. The van der Waals surface area contributed by atoms with Crippen LogP contribution in [0.1, 0.15) is 43.9 Å². The van der Waals surface area contributed by atoms with Crippen LogP contribution >= 0.6 is 0 Å². The monoisotopic (exact) mass is 344 g/mol. The van der Waals surface area contributed by atoms with Crippen LogP contribution in [0.5, 0.6) is 0 Å². The Morgan fingerprint density at radius 3 is 2.60 bits per heavy atom. The summed E-state index contributed by atoms with van der Waals surface area (Å²) in [6.07, 6.45) is 0. The van der Waals surface area contributed by atoms with Crippen LogP contribution in [-0.4, -0.2) is 34.4 Å². The lowest BCUT2D eigenvalue weighted by Gasteiger charge is -2.30. The minimum absolute atomic E-state index is 0.0586. The number of urea groups is 1. The van der Waals surface area contributed by atoms with Crippen molar-refractivity contribution in [1.82, 2.24) is 15.5 Å². The maximum Gasteiger partial charge on any atom is 0.340 e. The van der Waals surface area contributed by atoms with Gasteiger partial charge in [-0.1, -0.05) is 39.0 Å². The van der Waals surface area contributed by atoms with E-state index < -0.39 is 17.7 Å². The molecule has 1 aliphatic rings. The summed E-state index contributed by atoms with van der Waals surface area (Å²) < 4.78 is 10.8. The predicted octanol–water partition coefficient (Wildman–Crippen LogP) is 2.47. The third-order valence-electron chi connectivity index (χ3n) is 3.82. The van der Waals surface area contributed by atoms with Crippen molar-refractivity contribution in [2.75, 3.05) is 11.4 Å². The van der Waals surface area contributed by atoms with Crippen LogP contribution in [0.15, 0.2) is 34.9 Å². The van der Waals surface area contributed by atoms with Gasteiger partial charge in [0, 0.05) is 5.41 Å². The van der Waals surface area contributed by atoms with Crippen LogP contribution in [0.4, 0.5) is 10.7 Å². The zero-order chi connectivity index (χ0) is 18.2. The van der Waals surface area contributed by atoms with Gasteiger partial charge in [-0.3, -0.25) is 0 Å². The second-order valence-electron chi connectivity index (χ2n) is 7.07. The van der Waals surface area contributed by atoms with E-state index in [0.717, 1.165) is 0 Å². The summed E-state index contributed by atoms with van der Waals surface area (Å²) in [6.45, 7) is 7.50. The van der Waals surface area contributed by atoms with Crippen LogP contribution in [0, 0.1) is 0 Å². The van der Waals surface area contributed by atoms with E-state index in [9.17, 15) is 9.59 Å². The third kappa shape index (κ3) is 3.19. The molecule has 0 spiro atoms. The first kappa shape index (κ1) is 16.9. The maximum atomic E-state index is 12.4. The van der Waals surface area contributed by atoms with Crippen LogP contribution < -0.4 is 10.2 Å². The van der Waals surface area contributed by atoms with Crippen LogP contribution in [0.2, 0.25) is 0 Å². The number of amides is 2. The Hall–Kier alpha value is -2.90. The number of hydrogen-bond donors (Lipinski definition) is 1. The summed E-state index contributed by atoms with van der Waals surface area (Å²) in [5, 5.41) is 6.53. The fourth-order valence-corrected chi connectivity index (χ4v) is 2.44. The molecule has 0 aliphatic carbocycles. The average Bonchev–Trinajstić information content (AvgIpc) is 3.13. The van der Waals surface area contributed by atoms with E-state index in [1.165, 1.54) is 4.90 Å². The highest BCUT2D eigenvalue weighted by Gasteiger charge is 2.48. The highest BCUT2D eigenvalue weighted by atomic mass is 16.6. The van der Waals surface area contributed by atoms with E-state index >= 15 is 0 Å². The summed E-state index contributed by atoms with van der Waals surface area (Å²) in [6, 6.07) is 8.12. The van der Waals surface area contributed by atoms with Gasteiger partial charge in [0.1, 0.15) is 0 Å². The Bertz CT molecular complexity index is 796. The molecule has 0 radical (unpaired) electrons. The van der Waals surface area contributed by atoms with Gasteiger partial charge in [0.15, 0.2) is 0 Å². The summed E-state index contributed by atoms with van der Waals surface area (Å²) in [5.74, 6) is -0.0913. The summed E-state index contributed by atoms with van der Waals surface area (Å²) in [5.41, 5.74) is -1.23. The van der Waals surface area contributed by atoms with Crippen molar-refractivity contribution in [2.24, 2.45) is 0 Å². The Balaban J connectivity index is 1.88. The Kier molecular flexibility index (Phi) is 3.98. The van der Waals surface area contributed by atoms with Gasteiger partial charge in [0.2, 0.25) is 11.6 Å². The van der Waals surface area contributed by atoms with Gasteiger partial charge < -0.3 is 14.6 Å². The van der Waals surface area contributed by atoms with Gasteiger partial charge in [-0.15, -0.1) is 0 Å². The molecule has 1 aromatic carbocycles. The standard InChI is InChI=1S/C17H20N4O4/c1-16(2,3)13-19-14(20-25-13)21-15(23)18-10-17(21,4)24-12(22)11-8-6-5-7-9-11/h5-9H,10H2,1-4H3,(H,18,23). The minimum atomic E-state index is -1.26. The van der Waals surface area contributed by atoms with Crippen molar-refractivity contribution in [3.8, 4) is 0 Å². The Morgan fingerprint density at radius 1 is 1.32 bits per heavy atom. The van der Waals surface area contributed by atoms with Gasteiger partial charge in [-0.2, -0.15) is 4.98 Å². The summed E-state index contributed by atoms with van der Waals surface area (Å²) in [4.78, 5) is 30.2. The molecule has 1 atom stereocenters. The van der Waals surface area contributed by atoms with Gasteiger partial charge >= 0.3 is 12.0 Å². The molecule has 1 unspecified atom stereocenters. The molecule has 1 saturated heterocycles. The van der Waals surface area contributed by atoms with Crippen LogP contribution in [0.3, 0.4) is 0 Å². The highest BCUT2D eigenvalue weighted by Crippen LogP contribution is 2.30. The lowest BCUT2D eigenvalue weighted by Crippen LogP contribution is -2.49. The number of benzene rings is 1. The summed E-state index contributed by atoms with van der Waals surface area (Å²) >= 11 is 0. The number of nitrogens with zero attached hydrogens (tertiary/aromatic N) is 3. The highest BCUT2D eigenvalue weighted by molar-refractivity contribution is 5.96.